The minimum absolute atomic E-state index is 0.0768. The summed E-state index contributed by atoms with van der Waals surface area (Å²) in [6, 6.07) is 9.57. The SMILES string of the molecule is COc1ccc(NS(=O)(=O)c2ccccc2[N+](=O)[O-])cc1N1CCCC1=O. The summed E-state index contributed by atoms with van der Waals surface area (Å²) in [4.78, 5) is 23.5. The number of nitrogens with zero attached hydrogens (tertiary/aromatic N) is 2. The molecule has 0 aliphatic carbocycles. The van der Waals surface area contributed by atoms with Crippen LogP contribution in [0.15, 0.2) is 47.4 Å². The molecule has 9 nitrogen and oxygen atoms in total. The molecule has 10 heteroatoms. The Morgan fingerprint density at radius 3 is 2.59 bits per heavy atom. The normalized spacial score (nSPS) is 14.3. The Morgan fingerprint density at radius 2 is 1.96 bits per heavy atom. The van der Waals surface area contributed by atoms with Crippen LogP contribution >= 0.6 is 0 Å². The predicted molar refractivity (Wildman–Crippen MR) is 98.5 cm³/mol. The smallest absolute Gasteiger partial charge is 0.289 e. The molecule has 0 bridgehead atoms. The number of hydrogen-bond donors (Lipinski definition) is 1. The van der Waals surface area contributed by atoms with Crippen LogP contribution < -0.4 is 14.4 Å². The molecular weight excluding hydrogens is 374 g/mol. The van der Waals surface area contributed by atoms with Crippen LogP contribution in [0.25, 0.3) is 0 Å². The molecule has 1 saturated heterocycles. The quantitative estimate of drug-likeness (QED) is 0.597. The van der Waals surface area contributed by atoms with Crippen molar-refractivity contribution in [1.82, 2.24) is 0 Å². The lowest BCUT2D eigenvalue weighted by molar-refractivity contribution is -0.387. The number of carbonyl (C=O) groups excluding carboxylic acids is 1. The summed E-state index contributed by atoms with van der Waals surface area (Å²) >= 11 is 0. The molecule has 0 saturated carbocycles. The van der Waals surface area contributed by atoms with E-state index in [1.807, 2.05) is 0 Å². The van der Waals surface area contributed by atoms with Crippen LogP contribution in [0.3, 0.4) is 0 Å². The van der Waals surface area contributed by atoms with Crippen molar-refractivity contribution in [3.8, 4) is 5.75 Å². The Morgan fingerprint density at radius 1 is 1.22 bits per heavy atom. The van der Waals surface area contributed by atoms with Gasteiger partial charge in [-0.25, -0.2) is 8.42 Å². The van der Waals surface area contributed by atoms with Crippen LogP contribution in [-0.2, 0) is 14.8 Å². The summed E-state index contributed by atoms with van der Waals surface area (Å²) in [5.41, 5.74) is 0.0971. The lowest BCUT2D eigenvalue weighted by Crippen LogP contribution is -2.24. The lowest BCUT2D eigenvalue weighted by Gasteiger charge is -2.20. The van der Waals surface area contributed by atoms with E-state index in [4.69, 9.17) is 4.74 Å². The molecular formula is C17H17N3O6S. The third kappa shape index (κ3) is 3.70. The molecule has 142 valence electrons. The van der Waals surface area contributed by atoms with Gasteiger partial charge in [-0.05, 0) is 30.7 Å². The molecule has 1 aliphatic rings. The van der Waals surface area contributed by atoms with Crippen LogP contribution in [0.1, 0.15) is 12.8 Å². The summed E-state index contributed by atoms with van der Waals surface area (Å²) in [7, 11) is -2.74. The zero-order valence-corrected chi connectivity index (χ0v) is 15.2. The summed E-state index contributed by atoms with van der Waals surface area (Å²) in [5, 5.41) is 11.1. The van der Waals surface area contributed by atoms with Gasteiger partial charge in [-0.3, -0.25) is 19.6 Å². The van der Waals surface area contributed by atoms with Crippen molar-refractivity contribution < 1.29 is 22.9 Å². The standard InChI is InChI=1S/C17H17N3O6S/c1-26-15-9-8-12(11-14(15)19-10-4-7-17(19)21)18-27(24,25)16-6-3-2-5-13(16)20(22)23/h2-3,5-6,8-9,11,18H,4,7,10H2,1H3. The monoisotopic (exact) mass is 391 g/mol. The first-order valence-corrected chi connectivity index (χ1v) is 9.56. The maximum atomic E-state index is 12.7. The third-order valence-electron chi connectivity index (χ3n) is 4.15. The van der Waals surface area contributed by atoms with E-state index in [9.17, 15) is 23.3 Å². The van der Waals surface area contributed by atoms with Gasteiger partial charge in [0.2, 0.25) is 5.91 Å². The summed E-state index contributed by atoms with van der Waals surface area (Å²) in [5.74, 6) is 0.353. The van der Waals surface area contributed by atoms with Crippen molar-refractivity contribution in [2.24, 2.45) is 0 Å². The van der Waals surface area contributed by atoms with Crippen LogP contribution in [-0.4, -0.2) is 32.9 Å². The summed E-state index contributed by atoms with van der Waals surface area (Å²) in [6.45, 7) is 0.509. The third-order valence-corrected chi connectivity index (χ3v) is 5.58. The Balaban J connectivity index is 1.98. The second-order valence-electron chi connectivity index (χ2n) is 5.87. The maximum absolute atomic E-state index is 12.7. The van der Waals surface area contributed by atoms with Gasteiger partial charge in [-0.1, -0.05) is 12.1 Å². The molecule has 27 heavy (non-hydrogen) atoms. The zero-order chi connectivity index (χ0) is 19.6. The van der Waals surface area contributed by atoms with Gasteiger partial charge in [-0.2, -0.15) is 0 Å². The fourth-order valence-electron chi connectivity index (χ4n) is 2.91. The largest absolute Gasteiger partial charge is 0.495 e. The highest BCUT2D eigenvalue weighted by Gasteiger charge is 2.27. The number of benzene rings is 2. The van der Waals surface area contributed by atoms with E-state index in [0.717, 1.165) is 12.1 Å². The molecule has 1 N–H and O–H groups in total. The van der Waals surface area contributed by atoms with Crippen LogP contribution in [0.5, 0.6) is 5.75 Å². The summed E-state index contributed by atoms with van der Waals surface area (Å²) in [6.07, 6.45) is 1.11. The van der Waals surface area contributed by atoms with Crippen molar-refractivity contribution >= 4 is 33.0 Å². The topological polar surface area (TPSA) is 119 Å². The van der Waals surface area contributed by atoms with Crippen molar-refractivity contribution in [2.45, 2.75) is 17.7 Å². The van der Waals surface area contributed by atoms with E-state index in [2.05, 4.69) is 4.72 Å². The number of para-hydroxylation sites is 1. The first kappa shape index (κ1) is 18.6. The van der Waals surface area contributed by atoms with Gasteiger partial charge in [-0.15, -0.1) is 0 Å². The van der Waals surface area contributed by atoms with Crippen LogP contribution in [0, 0.1) is 10.1 Å². The van der Waals surface area contributed by atoms with Gasteiger partial charge in [0.05, 0.1) is 23.4 Å². The highest BCUT2D eigenvalue weighted by atomic mass is 32.2. The lowest BCUT2D eigenvalue weighted by atomic mass is 10.2. The number of anilines is 2. The van der Waals surface area contributed by atoms with Crippen LogP contribution in [0.2, 0.25) is 0 Å². The van der Waals surface area contributed by atoms with E-state index in [1.165, 1.54) is 42.3 Å². The van der Waals surface area contributed by atoms with Crippen molar-refractivity contribution in [1.29, 1.82) is 0 Å². The highest BCUT2D eigenvalue weighted by molar-refractivity contribution is 7.92. The van der Waals surface area contributed by atoms with Gasteiger partial charge in [0.25, 0.3) is 15.7 Å². The van der Waals surface area contributed by atoms with E-state index in [1.54, 1.807) is 0 Å². The molecule has 0 radical (unpaired) electrons. The molecule has 2 aromatic rings. The zero-order valence-electron chi connectivity index (χ0n) is 14.4. The average molecular weight is 391 g/mol. The van der Waals surface area contributed by atoms with Gasteiger partial charge in [0, 0.05) is 19.0 Å². The van der Waals surface area contributed by atoms with Crippen LogP contribution in [0.4, 0.5) is 17.1 Å². The average Bonchev–Trinajstić information content (AvgIpc) is 3.07. The van der Waals surface area contributed by atoms with Crippen molar-refractivity contribution in [2.75, 3.05) is 23.3 Å². The number of methoxy groups -OCH3 is 1. The molecule has 1 amide bonds. The van der Waals surface area contributed by atoms with Crippen molar-refractivity contribution in [3.05, 3.63) is 52.6 Å². The van der Waals surface area contributed by atoms with E-state index in [-0.39, 0.29) is 11.6 Å². The Bertz CT molecular complexity index is 1010. The molecule has 0 unspecified atom stereocenters. The highest BCUT2D eigenvalue weighted by Crippen LogP contribution is 2.35. The number of rotatable bonds is 6. The van der Waals surface area contributed by atoms with Crippen molar-refractivity contribution in [3.63, 3.8) is 0 Å². The molecule has 0 atom stereocenters. The Kier molecular flexibility index (Phi) is 5.00. The number of ether oxygens (including phenoxy) is 1. The molecule has 0 aromatic heterocycles. The fraction of sp³-hybridized carbons (Fsp3) is 0.235. The van der Waals surface area contributed by atoms with Gasteiger partial charge in [0.15, 0.2) is 4.90 Å². The van der Waals surface area contributed by atoms with E-state index in [0.29, 0.717) is 30.8 Å². The molecule has 1 heterocycles. The Hall–Kier alpha value is -3.14. The minimum atomic E-state index is -4.20. The summed E-state index contributed by atoms with van der Waals surface area (Å²) < 4.78 is 32.9. The van der Waals surface area contributed by atoms with E-state index < -0.39 is 25.5 Å². The molecule has 2 aromatic carbocycles. The Labute approximate surface area is 155 Å². The number of nitrogens with one attached hydrogen (secondary N) is 1. The molecule has 1 fully saturated rings. The number of carbonyl (C=O) groups is 1. The van der Waals surface area contributed by atoms with Gasteiger partial charge < -0.3 is 9.64 Å². The second kappa shape index (κ2) is 7.23. The van der Waals surface area contributed by atoms with Gasteiger partial charge in [0.1, 0.15) is 5.75 Å². The fourth-order valence-corrected chi connectivity index (χ4v) is 4.14. The molecule has 1 aliphatic heterocycles. The minimum Gasteiger partial charge on any atom is -0.495 e. The predicted octanol–water partition coefficient (Wildman–Crippen LogP) is 2.53. The first-order valence-electron chi connectivity index (χ1n) is 8.08. The maximum Gasteiger partial charge on any atom is 0.289 e. The molecule has 0 spiro atoms. The van der Waals surface area contributed by atoms with E-state index >= 15 is 0 Å². The van der Waals surface area contributed by atoms with Gasteiger partial charge >= 0.3 is 0 Å². The first-order chi connectivity index (χ1) is 12.8. The number of hydrogen-bond acceptors (Lipinski definition) is 6. The second-order valence-corrected chi connectivity index (χ2v) is 7.52. The molecule has 3 rings (SSSR count). The number of nitro groups is 1. The number of nitro benzene ring substituents is 1. The number of amides is 1. The number of sulfonamides is 1.